The Balaban J connectivity index is 1.37. The summed E-state index contributed by atoms with van der Waals surface area (Å²) in [6.45, 7) is 5.23. The van der Waals surface area contributed by atoms with Crippen LogP contribution < -0.4 is 15.4 Å². The molecule has 16 heteroatoms. The molecule has 14 nitrogen and oxygen atoms in total. The first-order valence-electron chi connectivity index (χ1n) is 17.0. The predicted octanol–water partition coefficient (Wildman–Crippen LogP) is 5.25. The number of carbonyl (C=O) groups excluding carboxylic acids is 3. The molecule has 2 aliphatic heterocycles. The molecule has 272 valence electrons. The van der Waals surface area contributed by atoms with Crippen LogP contribution in [0.25, 0.3) is 22.0 Å². The minimum atomic E-state index is -1.46. The van der Waals surface area contributed by atoms with Crippen molar-refractivity contribution in [3.8, 4) is 27.7 Å². The largest absolute Gasteiger partial charge is 0.495 e. The van der Waals surface area contributed by atoms with Gasteiger partial charge >= 0.3 is 12.1 Å². The Kier molecular flexibility index (Phi) is 10.4. The second-order valence-electron chi connectivity index (χ2n) is 14.1. The van der Waals surface area contributed by atoms with Crippen molar-refractivity contribution in [3.05, 3.63) is 47.0 Å². The fraction of sp³-hybridized carbons (Fsp3) is 0.514. The van der Waals surface area contributed by atoms with Gasteiger partial charge < -0.3 is 30.1 Å². The molecular formula is C35H42ClN7O7S. The van der Waals surface area contributed by atoms with Crippen LogP contribution in [0.4, 0.5) is 4.79 Å². The average Bonchev–Trinajstić information content (AvgIpc) is 3.52. The number of thiazole rings is 1. The first-order valence-corrected chi connectivity index (χ1v) is 18.3. The van der Waals surface area contributed by atoms with Crippen LogP contribution in [0, 0.1) is 5.92 Å². The number of aromatic nitrogens is 4. The van der Waals surface area contributed by atoms with Crippen molar-refractivity contribution in [2.24, 2.45) is 5.92 Å². The lowest BCUT2D eigenvalue weighted by molar-refractivity contribution is -0.145. The third-order valence-corrected chi connectivity index (χ3v) is 10.4. The highest BCUT2D eigenvalue weighted by molar-refractivity contribution is 7.13. The number of carboxylic acids is 1. The van der Waals surface area contributed by atoms with Gasteiger partial charge in [-0.3, -0.25) is 9.59 Å². The van der Waals surface area contributed by atoms with Crippen molar-refractivity contribution >= 4 is 46.8 Å². The molecular weight excluding hydrogens is 698 g/mol. The Bertz CT molecular complexity index is 1820. The zero-order valence-corrected chi connectivity index (χ0v) is 30.5. The molecule has 0 unspecified atom stereocenters. The highest BCUT2D eigenvalue weighted by Crippen LogP contribution is 2.46. The Morgan fingerprint density at radius 1 is 1.16 bits per heavy atom. The summed E-state index contributed by atoms with van der Waals surface area (Å²) < 4.78 is 10.8. The van der Waals surface area contributed by atoms with Gasteiger partial charge in [0, 0.05) is 36.0 Å². The molecule has 3 aliphatic rings. The van der Waals surface area contributed by atoms with Crippen molar-refractivity contribution in [3.63, 3.8) is 0 Å². The van der Waals surface area contributed by atoms with Gasteiger partial charge in [-0.15, -0.1) is 16.4 Å². The lowest BCUT2D eigenvalue weighted by Gasteiger charge is -2.30. The number of benzene rings is 1. The molecule has 5 atom stereocenters. The van der Waals surface area contributed by atoms with Crippen molar-refractivity contribution in [1.29, 1.82) is 0 Å². The second kappa shape index (κ2) is 14.6. The summed E-state index contributed by atoms with van der Waals surface area (Å²) in [4.78, 5) is 61.4. The van der Waals surface area contributed by atoms with Gasteiger partial charge in [-0.1, -0.05) is 36.6 Å². The zero-order chi connectivity index (χ0) is 36.5. The van der Waals surface area contributed by atoms with E-state index >= 15 is 0 Å². The van der Waals surface area contributed by atoms with Crippen molar-refractivity contribution < 1.29 is 33.8 Å². The predicted molar refractivity (Wildman–Crippen MR) is 189 cm³/mol. The maximum absolute atomic E-state index is 14.4. The smallest absolute Gasteiger partial charge is 0.408 e. The van der Waals surface area contributed by atoms with E-state index in [0.717, 1.165) is 19.3 Å². The standard InChI is InChI=1S/C35H42ClN7O7S/c1-34(2,3)50-33(48)38-24-11-9-7-5-6-8-10-21-18-35(21,32(46)47)39-29(44)25-17-22(19-42(25)31(24)45)43-40-27(28(41-43)30-37-14-15-51-30)20-12-13-26(49-4)23(36)16-20/h8,10,12-16,21-22,24-25H,5-7,9,11,17-19H2,1-4H3,(H,38,48)(H,39,44)(H,46,47)/t21-,22+,24+,25+,35-/m1/s1. The van der Waals surface area contributed by atoms with E-state index in [1.807, 2.05) is 23.6 Å². The number of carboxylic acid groups (broad SMARTS) is 1. The SMILES string of the molecule is COc1ccc(-c2nn([C@H]3C[C@H]4C(=O)N[C@]5(C(=O)O)C[C@H]5C=CCCCCC[C@H](NC(=O)OC(C)(C)C)C(=O)N4C3)nc2-c2nccs2)cc1Cl. The summed E-state index contributed by atoms with van der Waals surface area (Å²) in [5.41, 5.74) is -0.599. The number of aliphatic carboxylic acids is 1. The first kappa shape index (κ1) is 36.3. The molecule has 3 aromatic rings. The number of allylic oxidation sites excluding steroid dienone is 1. The number of hydrogen-bond acceptors (Lipinski definition) is 10. The first-order chi connectivity index (χ1) is 24.3. The lowest BCUT2D eigenvalue weighted by Crippen LogP contribution is -2.56. The molecule has 2 fully saturated rings. The van der Waals surface area contributed by atoms with Crippen LogP contribution in [-0.2, 0) is 19.1 Å². The molecule has 6 rings (SSSR count). The van der Waals surface area contributed by atoms with E-state index < -0.39 is 53.1 Å². The van der Waals surface area contributed by atoms with Gasteiger partial charge in [0.1, 0.15) is 45.4 Å². The molecule has 3 amide bonds. The number of rotatable bonds is 6. The van der Waals surface area contributed by atoms with Crippen LogP contribution in [0.5, 0.6) is 5.75 Å². The topological polar surface area (TPSA) is 178 Å². The molecule has 0 spiro atoms. The number of halogens is 1. The van der Waals surface area contributed by atoms with Gasteiger partial charge in [-0.05, 0) is 64.7 Å². The highest BCUT2D eigenvalue weighted by Gasteiger charge is 2.61. The minimum absolute atomic E-state index is 0.0294. The van der Waals surface area contributed by atoms with Crippen LogP contribution in [0.2, 0.25) is 5.02 Å². The molecule has 0 radical (unpaired) electrons. The number of hydrogen-bond donors (Lipinski definition) is 3. The van der Waals surface area contributed by atoms with Gasteiger partial charge in [-0.25, -0.2) is 14.6 Å². The fourth-order valence-electron chi connectivity index (χ4n) is 6.67. The number of alkyl carbamates (subject to hydrolysis) is 1. The number of nitrogens with one attached hydrogen (secondary N) is 2. The highest BCUT2D eigenvalue weighted by atomic mass is 35.5. The molecule has 1 saturated heterocycles. The van der Waals surface area contributed by atoms with E-state index in [0.29, 0.717) is 45.6 Å². The zero-order valence-electron chi connectivity index (χ0n) is 28.9. The van der Waals surface area contributed by atoms with Gasteiger partial charge in [0.2, 0.25) is 11.8 Å². The monoisotopic (exact) mass is 739 g/mol. The van der Waals surface area contributed by atoms with E-state index in [9.17, 15) is 24.3 Å². The molecule has 1 aromatic carbocycles. The minimum Gasteiger partial charge on any atom is -0.495 e. The van der Waals surface area contributed by atoms with Crippen molar-refractivity contribution in [2.45, 2.75) is 95.0 Å². The summed E-state index contributed by atoms with van der Waals surface area (Å²) in [5.74, 6) is -2.06. The van der Waals surface area contributed by atoms with Gasteiger partial charge in [0.05, 0.1) is 18.2 Å². The molecule has 0 bridgehead atoms. The van der Waals surface area contributed by atoms with Crippen LogP contribution in [0.15, 0.2) is 41.9 Å². The maximum Gasteiger partial charge on any atom is 0.408 e. The third kappa shape index (κ3) is 7.88. The van der Waals surface area contributed by atoms with Crippen LogP contribution in [-0.4, -0.2) is 90.7 Å². The summed E-state index contributed by atoms with van der Waals surface area (Å²) in [7, 11) is 1.53. The average molecular weight is 740 g/mol. The maximum atomic E-state index is 14.4. The van der Waals surface area contributed by atoms with E-state index in [1.54, 1.807) is 39.1 Å². The fourth-order valence-corrected chi connectivity index (χ4v) is 7.55. The number of amides is 3. The van der Waals surface area contributed by atoms with Crippen LogP contribution in [0.1, 0.15) is 71.8 Å². The Hall–Kier alpha value is -4.50. The van der Waals surface area contributed by atoms with Crippen molar-refractivity contribution in [1.82, 2.24) is 35.5 Å². The van der Waals surface area contributed by atoms with Gasteiger partial charge in [0.25, 0.3) is 0 Å². The number of fused-ring (bicyclic) bond motifs is 2. The third-order valence-electron chi connectivity index (χ3n) is 9.34. The van der Waals surface area contributed by atoms with E-state index in [4.69, 9.17) is 31.3 Å². The number of carbonyl (C=O) groups is 4. The number of methoxy groups -OCH3 is 1. The van der Waals surface area contributed by atoms with E-state index in [2.05, 4.69) is 15.6 Å². The van der Waals surface area contributed by atoms with Crippen molar-refractivity contribution in [2.75, 3.05) is 13.7 Å². The molecule has 4 heterocycles. The quantitative estimate of drug-likeness (QED) is 0.283. The molecule has 2 aromatic heterocycles. The van der Waals surface area contributed by atoms with E-state index in [-0.39, 0.29) is 25.3 Å². The van der Waals surface area contributed by atoms with Gasteiger partial charge in [-0.2, -0.15) is 9.90 Å². The normalized spacial score (nSPS) is 25.5. The molecule has 51 heavy (non-hydrogen) atoms. The Labute approximate surface area is 304 Å². The number of nitrogens with zero attached hydrogens (tertiary/aromatic N) is 5. The Morgan fingerprint density at radius 3 is 2.63 bits per heavy atom. The summed E-state index contributed by atoms with van der Waals surface area (Å²) in [6.07, 6.45) is 8.41. The van der Waals surface area contributed by atoms with Crippen LogP contribution in [0.3, 0.4) is 0 Å². The Morgan fingerprint density at radius 2 is 1.94 bits per heavy atom. The summed E-state index contributed by atoms with van der Waals surface area (Å²) in [5, 5.41) is 28.3. The summed E-state index contributed by atoms with van der Waals surface area (Å²) in [6, 6.07) is 2.64. The second-order valence-corrected chi connectivity index (χ2v) is 15.4. The van der Waals surface area contributed by atoms with E-state index in [1.165, 1.54) is 28.1 Å². The summed E-state index contributed by atoms with van der Waals surface area (Å²) >= 11 is 7.87. The molecule has 1 aliphatic carbocycles. The molecule has 3 N–H and O–H groups in total. The van der Waals surface area contributed by atoms with Crippen LogP contribution >= 0.6 is 22.9 Å². The van der Waals surface area contributed by atoms with Gasteiger partial charge in [0.15, 0.2) is 0 Å². The lowest BCUT2D eigenvalue weighted by atomic mass is 10.0. The molecule has 1 saturated carbocycles. The number of ether oxygens (including phenoxy) is 2.